The molecule has 2 amide bonds. The van der Waals surface area contributed by atoms with Gasteiger partial charge in [-0.1, -0.05) is 12.1 Å². The summed E-state index contributed by atoms with van der Waals surface area (Å²) in [5.41, 5.74) is 2.58. The molecule has 0 aliphatic carbocycles. The third-order valence-corrected chi connectivity index (χ3v) is 4.21. The van der Waals surface area contributed by atoms with E-state index in [9.17, 15) is 14.4 Å². The number of benzene rings is 2. The van der Waals surface area contributed by atoms with E-state index in [0.717, 1.165) is 5.56 Å². The van der Waals surface area contributed by atoms with Crippen LogP contribution in [0.1, 0.15) is 18.1 Å². The molecule has 0 saturated heterocycles. The molecule has 29 heavy (non-hydrogen) atoms. The van der Waals surface area contributed by atoms with Crippen molar-refractivity contribution < 1.29 is 28.6 Å². The molecule has 8 heteroatoms. The van der Waals surface area contributed by atoms with Gasteiger partial charge in [0.25, 0.3) is 5.91 Å². The molecule has 0 atom stereocenters. The highest BCUT2D eigenvalue weighted by molar-refractivity contribution is 6.35. The summed E-state index contributed by atoms with van der Waals surface area (Å²) >= 11 is 0. The lowest BCUT2D eigenvalue weighted by molar-refractivity contribution is -0.135. The smallest absolute Gasteiger partial charge is 0.330 e. The van der Waals surface area contributed by atoms with Crippen LogP contribution in [0.4, 0.5) is 5.69 Å². The molecule has 0 spiro atoms. The summed E-state index contributed by atoms with van der Waals surface area (Å²) in [5.74, 6) is 0.268. The fourth-order valence-corrected chi connectivity index (χ4v) is 2.82. The van der Waals surface area contributed by atoms with Gasteiger partial charge in [0.1, 0.15) is 12.3 Å². The van der Waals surface area contributed by atoms with E-state index in [-0.39, 0.29) is 18.4 Å². The van der Waals surface area contributed by atoms with Crippen molar-refractivity contribution >= 4 is 35.1 Å². The molecule has 0 saturated carbocycles. The number of anilines is 1. The van der Waals surface area contributed by atoms with Gasteiger partial charge in [-0.25, -0.2) is 4.79 Å². The summed E-state index contributed by atoms with van der Waals surface area (Å²) in [5, 5.41) is 5.18. The molecular weight excluding hydrogens is 376 g/mol. The number of amides is 2. The first-order valence-electron chi connectivity index (χ1n) is 8.76. The fourth-order valence-electron chi connectivity index (χ4n) is 2.82. The molecular formula is C21H20N2O6. The number of esters is 1. The number of methoxy groups -OCH3 is 2. The van der Waals surface area contributed by atoms with Gasteiger partial charge in [-0.3, -0.25) is 9.59 Å². The molecule has 2 aromatic carbocycles. The lowest BCUT2D eigenvalue weighted by atomic mass is 10.0. The monoisotopic (exact) mass is 396 g/mol. The minimum Gasteiger partial charge on any atom is -0.493 e. The topological polar surface area (TPSA) is 103 Å². The summed E-state index contributed by atoms with van der Waals surface area (Å²) in [6.07, 6.45) is 1.73. The molecule has 1 aliphatic rings. The summed E-state index contributed by atoms with van der Waals surface area (Å²) < 4.78 is 15.7. The molecule has 1 heterocycles. The van der Waals surface area contributed by atoms with Crippen molar-refractivity contribution in [3.05, 3.63) is 47.5 Å². The van der Waals surface area contributed by atoms with Crippen LogP contribution in [0.25, 0.3) is 11.6 Å². The van der Waals surface area contributed by atoms with Gasteiger partial charge < -0.3 is 24.8 Å². The van der Waals surface area contributed by atoms with E-state index in [1.807, 2.05) is 0 Å². The lowest BCUT2D eigenvalue weighted by Gasteiger charge is -2.09. The Hall–Kier alpha value is -3.81. The Labute approximate surface area is 167 Å². The minimum absolute atomic E-state index is 0.205. The van der Waals surface area contributed by atoms with Crippen molar-refractivity contribution in [3.63, 3.8) is 0 Å². The van der Waals surface area contributed by atoms with Crippen LogP contribution in [0.15, 0.2) is 36.4 Å². The van der Waals surface area contributed by atoms with E-state index in [2.05, 4.69) is 10.6 Å². The number of hydrogen-bond donors (Lipinski definition) is 2. The zero-order chi connectivity index (χ0) is 21.0. The number of carbonyl (C=O) groups is 3. The van der Waals surface area contributed by atoms with Gasteiger partial charge in [0, 0.05) is 24.1 Å². The van der Waals surface area contributed by atoms with Crippen LogP contribution >= 0.6 is 0 Å². The van der Waals surface area contributed by atoms with Crippen LogP contribution in [-0.4, -0.2) is 38.5 Å². The van der Waals surface area contributed by atoms with Gasteiger partial charge in [-0.2, -0.15) is 0 Å². The Morgan fingerprint density at radius 2 is 1.72 bits per heavy atom. The molecule has 0 bridgehead atoms. The van der Waals surface area contributed by atoms with Crippen LogP contribution in [0.3, 0.4) is 0 Å². The van der Waals surface area contributed by atoms with Crippen molar-refractivity contribution in [2.24, 2.45) is 0 Å². The van der Waals surface area contributed by atoms with E-state index in [1.54, 1.807) is 42.5 Å². The normalized spacial score (nSPS) is 13.5. The zero-order valence-corrected chi connectivity index (χ0v) is 16.2. The quantitative estimate of drug-likeness (QED) is 0.441. The standard InChI is InChI=1S/C21H20N2O6/c1-12(24)22-11-20(25)29-14-6-4-13(5-7-14)8-16-15-9-18(27-2)19(28-3)10-17(15)23-21(16)26/h4-10H,11H2,1-3H3,(H,22,24)(H,23,26)/b16-8+. The second kappa shape index (κ2) is 8.47. The molecule has 0 fully saturated rings. The molecule has 150 valence electrons. The van der Waals surface area contributed by atoms with Gasteiger partial charge in [-0.15, -0.1) is 0 Å². The van der Waals surface area contributed by atoms with Crippen LogP contribution in [0.5, 0.6) is 17.2 Å². The number of nitrogens with one attached hydrogen (secondary N) is 2. The molecule has 0 unspecified atom stereocenters. The first-order valence-corrected chi connectivity index (χ1v) is 8.76. The predicted octanol–water partition coefficient (Wildman–Crippen LogP) is 2.24. The maximum atomic E-state index is 12.4. The average Bonchev–Trinajstić information content (AvgIpc) is 3.01. The Bertz CT molecular complexity index is 995. The van der Waals surface area contributed by atoms with E-state index >= 15 is 0 Å². The van der Waals surface area contributed by atoms with Crippen LogP contribution in [0.2, 0.25) is 0 Å². The van der Waals surface area contributed by atoms with Gasteiger partial charge >= 0.3 is 5.97 Å². The zero-order valence-electron chi connectivity index (χ0n) is 16.2. The van der Waals surface area contributed by atoms with E-state index < -0.39 is 5.97 Å². The van der Waals surface area contributed by atoms with Crippen LogP contribution < -0.4 is 24.8 Å². The molecule has 0 aromatic heterocycles. The number of hydrogen-bond acceptors (Lipinski definition) is 6. The third-order valence-electron chi connectivity index (χ3n) is 4.21. The minimum atomic E-state index is -0.573. The largest absolute Gasteiger partial charge is 0.493 e. The van der Waals surface area contributed by atoms with Crippen LogP contribution in [-0.2, 0) is 14.4 Å². The van der Waals surface area contributed by atoms with Gasteiger partial charge in [0.05, 0.1) is 19.9 Å². The van der Waals surface area contributed by atoms with Crippen LogP contribution in [0, 0.1) is 0 Å². The summed E-state index contributed by atoms with van der Waals surface area (Å²) in [4.78, 5) is 34.9. The highest BCUT2D eigenvalue weighted by atomic mass is 16.5. The fraction of sp³-hybridized carbons (Fsp3) is 0.190. The number of carbonyl (C=O) groups excluding carboxylic acids is 3. The van der Waals surface area contributed by atoms with E-state index in [0.29, 0.717) is 34.1 Å². The van der Waals surface area contributed by atoms with Gasteiger partial charge in [0.15, 0.2) is 11.5 Å². The van der Waals surface area contributed by atoms with Crippen molar-refractivity contribution in [2.75, 3.05) is 26.1 Å². The highest BCUT2D eigenvalue weighted by Crippen LogP contribution is 2.41. The predicted molar refractivity (Wildman–Crippen MR) is 107 cm³/mol. The molecule has 2 N–H and O–H groups in total. The second-order valence-corrected chi connectivity index (χ2v) is 6.22. The van der Waals surface area contributed by atoms with Gasteiger partial charge in [-0.05, 0) is 29.8 Å². The Morgan fingerprint density at radius 1 is 1.07 bits per heavy atom. The number of rotatable bonds is 6. The van der Waals surface area contributed by atoms with E-state index in [4.69, 9.17) is 14.2 Å². The van der Waals surface area contributed by atoms with Gasteiger partial charge in [0.2, 0.25) is 5.91 Å². The Morgan fingerprint density at radius 3 is 2.34 bits per heavy atom. The number of ether oxygens (including phenoxy) is 3. The summed E-state index contributed by atoms with van der Waals surface area (Å²) in [6.45, 7) is 1.11. The number of fused-ring (bicyclic) bond motifs is 1. The first kappa shape index (κ1) is 19.9. The Balaban J connectivity index is 1.80. The molecule has 1 aliphatic heterocycles. The van der Waals surface area contributed by atoms with E-state index in [1.165, 1.54) is 21.1 Å². The maximum Gasteiger partial charge on any atom is 0.330 e. The average molecular weight is 396 g/mol. The first-order chi connectivity index (χ1) is 13.9. The second-order valence-electron chi connectivity index (χ2n) is 6.22. The molecule has 3 rings (SSSR count). The maximum absolute atomic E-state index is 12.4. The SMILES string of the molecule is COc1cc2c(cc1OC)/C(=C\c1ccc(OC(=O)CNC(C)=O)cc1)C(=O)N2. The third kappa shape index (κ3) is 4.55. The van der Waals surface area contributed by atoms with Crippen molar-refractivity contribution in [2.45, 2.75) is 6.92 Å². The van der Waals surface area contributed by atoms with Crippen molar-refractivity contribution in [3.8, 4) is 17.2 Å². The van der Waals surface area contributed by atoms with Crippen molar-refractivity contribution in [1.82, 2.24) is 5.32 Å². The highest BCUT2D eigenvalue weighted by Gasteiger charge is 2.26. The molecule has 0 radical (unpaired) electrons. The molecule has 2 aromatic rings. The Kier molecular flexibility index (Phi) is 5.82. The van der Waals surface area contributed by atoms with Crippen molar-refractivity contribution in [1.29, 1.82) is 0 Å². The lowest BCUT2D eigenvalue weighted by Crippen LogP contribution is -2.29. The molecule has 8 nitrogen and oxygen atoms in total. The summed E-state index contributed by atoms with van der Waals surface area (Å²) in [6, 6.07) is 10.1. The summed E-state index contributed by atoms with van der Waals surface area (Å²) in [7, 11) is 3.06.